The number of benzene rings is 1. The third-order valence-corrected chi connectivity index (χ3v) is 4.64. The smallest absolute Gasteiger partial charge is 0.308 e. The fraction of sp³-hybridized carbons (Fsp3) is 0.500. The Morgan fingerprint density at radius 2 is 2.00 bits per heavy atom. The molecule has 1 saturated heterocycles. The Morgan fingerprint density at radius 1 is 1.30 bits per heavy atom. The van der Waals surface area contributed by atoms with Crippen molar-refractivity contribution in [3.63, 3.8) is 0 Å². The van der Waals surface area contributed by atoms with Crippen LogP contribution in [-0.2, 0) is 15.0 Å². The lowest BCUT2D eigenvalue weighted by molar-refractivity contribution is -0.141. The number of amides is 1. The van der Waals surface area contributed by atoms with E-state index in [4.69, 9.17) is 5.11 Å². The normalized spacial score (nSPS) is 23.6. The molecule has 20 heavy (non-hydrogen) atoms. The van der Waals surface area contributed by atoms with E-state index in [2.05, 4.69) is 0 Å². The van der Waals surface area contributed by atoms with Crippen molar-refractivity contribution >= 4 is 11.9 Å². The lowest BCUT2D eigenvalue weighted by Crippen LogP contribution is -2.38. The Balaban J connectivity index is 1.81. The Labute approximate surface area is 118 Å². The number of carbonyl (C=O) groups excluding carboxylic acids is 1. The first-order valence-corrected chi connectivity index (χ1v) is 7.13. The van der Waals surface area contributed by atoms with Gasteiger partial charge in [-0.25, -0.2) is 0 Å². The van der Waals surface area contributed by atoms with Gasteiger partial charge in [-0.15, -0.1) is 0 Å². The summed E-state index contributed by atoms with van der Waals surface area (Å²) in [7, 11) is 0. The molecule has 0 spiro atoms. The molecule has 1 aliphatic heterocycles. The predicted molar refractivity (Wildman–Crippen MR) is 74.4 cm³/mol. The molecule has 106 valence electrons. The van der Waals surface area contributed by atoms with Gasteiger partial charge in [-0.2, -0.15) is 0 Å². The Hall–Kier alpha value is -1.84. The number of hydrogen-bond donors (Lipinski definition) is 1. The summed E-state index contributed by atoms with van der Waals surface area (Å²) >= 11 is 0. The van der Waals surface area contributed by atoms with E-state index in [1.165, 1.54) is 0 Å². The van der Waals surface area contributed by atoms with Crippen LogP contribution in [0.15, 0.2) is 24.3 Å². The molecular weight excluding hydrogens is 254 g/mol. The maximum absolute atomic E-state index is 12.8. The zero-order valence-electron chi connectivity index (χ0n) is 11.6. The first kappa shape index (κ1) is 13.2. The van der Waals surface area contributed by atoms with E-state index < -0.39 is 11.9 Å². The molecule has 1 amide bonds. The fourth-order valence-corrected chi connectivity index (χ4v) is 3.28. The molecule has 1 saturated carbocycles. The first-order valence-electron chi connectivity index (χ1n) is 7.13. The van der Waals surface area contributed by atoms with Gasteiger partial charge in [0.15, 0.2) is 0 Å². The van der Waals surface area contributed by atoms with Crippen LogP contribution in [0.4, 0.5) is 0 Å². The van der Waals surface area contributed by atoms with E-state index in [0.717, 1.165) is 24.0 Å². The van der Waals surface area contributed by atoms with Crippen molar-refractivity contribution < 1.29 is 14.7 Å². The van der Waals surface area contributed by atoms with Gasteiger partial charge in [0.2, 0.25) is 5.91 Å². The van der Waals surface area contributed by atoms with Crippen LogP contribution in [-0.4, -0.2) is 35.0 Å². The van der Waals surface area contributed by atoms with Crippen molar-refractivity contribution in [3.05, 3.63) is 35.4 Å². The molecule has 2 aliphatic rings. The summed E-state index contributed by atoms with van der Waals surface area (Å²) in [6, 6.07) is 8.02. The van der Waals surface area contributed by atoms with Crippen LogP contribution in [0.3, 0.4) is 0 Å². The summed E-state index contributed by atoms with van der Waals surface area (Å²) in [5.41, 5.74) is 1.88. The summed E-state index contributed by atoms with van der Waals surface area (Å²) in [6.07, 6.45) is 2.33. The van der Waals surface area contributed by atoms with Gasteiger partial charge in [-0.05, 0) is 37.3 Å². The number of likely N-dealkylation sites (tertiary alicyclic amines) is 1. The topological polar surface area (TPSA) is 57.6 Å². The highest BCUT2D eigenvalue weighted by Gasteiger charge is 2.54. The summed E-state index contributed by atoms with van der Waals surface area (Å²) in [6.45, 7) is 2.97. The van der Waals surface area contributed by atoms with E-state index in [0.29, 0.717) is 19.5 Å². The minimum absolute atomic E-state index is 0.121. The molecule has 1 aromatic carbocycles. The van der Waals surface area contributed by atoms with Crippen LogP contribution >= 0.6 is 0 Å². The Kier molecular flexibility index (Phi) is 3.04. The quantitative estimate of drug-likeness (QED) is 0.916. The zero-order chi connectivity index (χ0) is 14.3. The van der Waals surface area contributed by atoms with Crippen LogP contribution in [0.2, 0.25) is 0 Å². The largest absolute Gasteiger partial charge is 0.481 e. The lowest BCUT2D eigenvalue weighted by Gasteiger charge is -2.24. The molecule has 0 unspecified atom stereocenters. The lowest BCUT2D eigenvalue weighted by atomic mass is 9.90. The molecule has 0 aromatic heterocycles. The number of carbonyl (C=O) groups is 2. The summed E-state index contributed by atoms with van der Waals surface area (Å²) in [4.78, 5) is 25.6. The third kappa shape index (κ3) is 1.99. The van der Waals surface area contributed by atoms with Crippen LogP contribution < -0.4 is 0 Å². The van der Waals surface area contributed by atoms with Gasteiger partial charge < -0.3 is 10.0 Å². The second-order valence-corrected chi connectivity index (χ2v) is 5.97. The van der Waals surface area contributed by atoms with Crippen molar-refractivity contribution in [2.24, 2.45) is 5.92 Å². The number of carboxylic acid groups (broad SMARTS) is 1. The SMILES string of the molecule is Cc1ccccc1C1(C(=O)N2CC[C@H](C(=O)O)C2)CC1. The highest BCUT2D eigenvalue weighted by atomic mass is 16.4. The van der Waals surface area contributed by atoms with Gasteiger partial charge in [0.25, 0.3) is 0 Å². The van der Waals surface area contributed by atoms with Crippen LogP contribution in [0.5, 0.6) is 0 Å². The standard InChI is InChI=1S/C16H19NO3/c1-11-4-2-3-5-13(11)16(7-8-16)15(20)17-9-6-12(10-17)14(18)19/h2-5,12H,6-10H2,1H3,(H,18,19)/t12-/m0/s1. The van der Waals surface area contributed by atoms with E-state index in [1.54, 1.807) is 4.90 Å². The van der Waals surface area contributed by atoms with Gasteiger partial charge in [-0.3, -0.25) is 9.59 Å². The van der Waals surface area contributed by atoms with Crippen LogP contribution in [0.1, 0.15) is 30.4 Å². The first-order chi connectivity index (χ1) is 9.54. The minimum Gasteiger partial charge on any atom is -0.481 e. The van der Waals surface area contributed by atoms with Crippen LogP contribution in [0, 0.1) is 12.8 Å². The molecule has 0 bridgehead atoms. The van der Waals surface area contributed by atoms with E-state index in [-0.39, 0.29) is 11.3 Å². The van der Waals surface area contributed by atoms with E-state index >= 15 is 0 Å². The molecule has 1 heterocycles. The van der Waals surface area contributed by atoms with Gasteiger partial charge in [0.1, 0.15) is 0 Å². The summed E-state index contributed by atoms with van der Waals surface area (Å²) in [5, 5.41) is 9.05. The van der Waals surface area contributed by atoms with Gasteiger partial charge in [0, 0.05) is 13.1 Å². The molecule has 1 atom stereocenters. The maximum Gasteiger partial charge on any atom is 0.308 e. The Morgan fingerprint density at radius 3 is 2.55 bits per heavy atom. The van der Waals surface area contributed by atoms with Crippen molar-refractivity contribution in [1.29, 1.82) is 0 Å². The molecule has 2 fully saturated rings. The maximum atomic E-state index is 12.8. The second kappa shape index (κ2) is 4.62. The number of carboxylic acids is 1. The van der Waals surface area contributed by atoms with E-state index in [1.807, 2.05) is 31.2 Å². The van der Waals surface area contributed by atoms with Gasteiger partial charge in [-0.1, -0.05) is 24.3 Å². The highest BCUT2D eigenvalue weighted by molar-refractivity contribution is 5.92. The molecule has 1 aromatic rings. The number of hydrogen-bond acceptors (Lipinski definition) is 2. The highest BCUT2D eigenvalue weighted by Crippen LogP contribution is 2.51. The van der Waals surface area contributed by atoms with Gasteiger partial charge >= 0.3 is 5.97 Å². The minimum atomic E-state index is -0.791. The monoisotopic (exact) mass is 273 g/mol. The van der Waals surface area contributed by atoms with Crippen molar-refractivity contribution in [2.75, 3.05) is 13.1 Å². The summed E-state index contributed by atoms with van der Waals surface area (Å²) in [5.74, 6) is -1.07. The number of aliphatic carboxylic acids is 1. The summed E-state index contributed by atoms with van der Waals surface area (Å²) < 4.78 is 0. The average molecular weight is 273 g/mol. The van der Waals surface area contributed by atoms with Crippen LogP contribution in [0.25, 0.3) is 0 Å². The van der Waals surface area contributed by atoms with Crippen molar-refractivity contribution in [2.45, 2.75) is 31.6 Å². The number of aryl methyl sites for hydroxylation is 1. The predicted octanol–water partition coefficient (Wildman–Crippen LogP) is 1.96. The molecular formula is C16H19NO3. The Bertz CT molecular complexity index is 563. The van der Waals surface area contributed by atoms with Crippen molar-refractivity contribution in [3.8, 4) is 0 Å². The molecule has 1 N–H and O–H groups in total. The number of rotatable bonds is 3. The molecule has 3 rings (SSSR count). The van der Waals surface area contributed by atoms with E-state index in [9.17, 15) is 9.59 Å². The third-order valence-electron chi connectivity index (χ3n) is 4.64. The van der Waals surface area contributed by atoms with Gasteiger partial charge in [0.05, 0.1) is 11.3 Å². The molecule has 0 radical (unpaired) electrons. The number of nitrogens with zero attached hydrogens (tertiary/aromatic N) is 1. The molecule has 4 nitrogen and oxygen atoms in total. The fourth-order valence-electron chi connectivity index (χ4n) is 3.28. The zero-order valence-corrected chi connectivity index (χ0v) is 11.6. The average Bonchev–Trinajstić information content (AvgIpc) is 3.07. The van der Waals surface area contributed by atoms with Crippen molar-refractivity contribution in [1.82, 2.24) is 4.90 Å². The second-order valence-electron chi connectivity index (χ2n) is 5.97. The molecule has 4 heteroatoms. The molecule has 1 aliphatic carbocycles.